The second-order valence-corrected chi connectivity index (χ2v) is 2.41. The fourth-order valence-electron chi connectivity index (χ4n) is 1.09. The summed E-state index contributed by atoms with van der Waals surface area (Å²) < 4.78 is 4.85. The molecule has 0 fully saturated rings. The van der Waals surface area contributed by atoms with Gasteiger partial charge in [-0.1, -0.05) is 25.8 Å². The molecule has 0 atom stereocenters. The van der Waals surface area contributed by atoms with Gasteiger partial charge in [0, 0.05) is 5.46 Å². The first-order chi connectivity index (χ1) is 5.63. The van der Waals surface area contributed by atoms with Crippen molar-refractivity contribution in [3.8, 4) is 0 Å². The van der Waals surface area contributed by atoms with E-state index >= 15 is 0 Å². The number of nitrogens with zero attached hydrogens (tertiary/aromatic N) is 1. The molecule has 0 saturated carbocycles. The standard InChI is InChI=1S/C6H10BNO2.C2H6/c1-4-6(7(3)9)5(2)10-8-4;1-2/h9H,1-3H3;1-2H3. The van der Waals surface area contributed by atoms with Crippen LogP contribution in [-0.2, 0) is 0 Å². The maximum Gasteiger partial charge on any atom is 0.326 e. The first-order valence-corrected chi connectivity index (χ1v) is 4.23. The van der Waals surface area contributed by atoms with E-state index in [1.165, 1.54) is 0 Å². The lowest BCUT2D eigenvalue weighted by Gasteiger charge is -1.95. The maximum absolute atomic E-state index is 9.17. The Bertz CT molecular complexity index is 213. The largest absolute Gasteiger partial charge is 0.446 e. The highest BCUT2D eigenvalue weighted by atomic mass is 16.5. The van der Waals surface area contributed by atoms with Crippen molar-refractivity contribution in [2.75, 3.05) is 0 Å². The molecular weight excluding hydrogens is 153 g/mol. The van der Waals surface area contributed by atoms with Gasteiger partial charge in [0.25, 0.3) is 0 Å². The van der Waals surface area contributed by atoms with Crippen LogP contribution in [0.3, 0.4) is 0 Å². The second kappa shape index (κ2) is 4.98. The first kappa shape index (κ1) is 11.2. The SMILES string of the molecule is CB(O)c1c(C)noc1C.CC. The fourth-order valence-corrected chi connectivity index (χ4v) is 1.09. The third kappa shape index (κ3) is 2.38. The van der Waals surface area contributed by atoms with E-state index in [2.05, 4.69) is 5.16 Å². The lowest BCUT2D eigenvalue weighted by Crippen LogP contribution is -2.29. The molecule has 0 aromatic carbocycles. The quantitative estimate of drug-likeness (QED) is 0.641. The molecule has 0 aliphatic heterocycles. The van der Waals surface area contributed by atoms with Crippen LogP contribution >= 0.6 is 0 Å². The zero-order chi connectivity index (χ0) is 9.72. The molecule has 0 unspecified atom stereocenters. The van der Waals surface area contributed by atoms with Crippen LogP contribution in [0, 0.1) is 13.8 Å². The zero-order valence-electron chi connectivity index (χ0n) is 8.38. The Morgan fingerprint density at radius 3 is 2.00 bits per heavy atom. The minimum absolute atomic E-state index is 0.480. The molecule has 0 spiro atoms. The summed E-state index contributed by atoms with van der Waals surface area (Å²) in [4.78, 5) is 0. The van der Waals surface area contributed by atoms with Crippen LogP contribution in [0.4, 0.5) is 0 Å². The third-order valence-electron chi connectivity index (χ3n) is 1.51. The monoisotopic (exact) mass is 169 g/mol. The molecule has 1 aromatic heterocycles. The molecule has 0 saturated heterocycles. The van der Waals surface area contributed by atoms with E-state index in [4.69, 9.17) is 4.52 Å². The van der Waals surface area contributed by atoms with E-state index in [9.17, 15) is 5.02 Å². The minimum atomic E-state index is -0.480. The summed E-state index contributed by atoms with van der Waals surface area (Å²) >= 11 is 0. The van der Waals surface area contributed by atoms with Gasteiger partial charge in [-0.25, -0.2) is 0 Å². The molecular formula is C8H16BNO2. The Labute approximate surface area is 73.9 Å². The summed E-state index contributed by atoms with van der Waals surface area (Å²) in [5.74, 6) is 0.701. The van der Waals surface area contributed by atoms with Gasteiger partial charge in [0.15, 0.2) is 0 Å². The summed E-state index contributed by atoms with van der Waals surface area (Å²) in [7, 11) is 0. The molecule has 1 rings (SSSR count). The van der Waals surface area contributed by atoms with Gasteiger partial charge >= 0.3 is 6.92 Å². The summed E-state index contributed by atoms with van der Waals surface area (Å²) in [6.07, 6.45) is 0. The smallest absolute Gasteiger partial charge is 0.326 e. The number of hydrogen-bond donors (Lipinski definition) is 1. The highest BCUT2D eigenvalue weighted by molar-refractivity contribution is 6.65. The summed E-state index contributed by atoms with van der Waals surface area (Å²) in [5, 5.41) is 12.9. The average Bonchev–Trinajstić information content (AvgIpc) is 2.35. The molecule has 4 heteroatoms. The van der Waals surface area contributed by atoms with E-state index in [0.29, 0.717) is 5.76 Å². The van der Waals surface area contributed by atoms with Crippen LogP contribution in [0.5, 0.6) is 0 Å². The van der Waals surface area contributed by atoms with Crippen molar-refractivity contribution in [1.82, 2.24) is 5.16 Å². The number of hydrogen-bond acceptors (Lipinski definition) is 3. The van der Waals surface area contributed by atoms with Gasteiger partial charge in [0.05, 0.1) is 5.69 Å². The normalized spacial score (nSPS) is 8.83. The molecule has 0 aliphatic carbocycles. The van der Waals surface area contributed by atoms with Crippen LogP contribution in [0.15, 0.2) is 4.52 Å². The minimum Gasteiger partial charge on any atom is -0.446 e. The van der Waals surface area contributed by atoms with Crippen molar-refractivity contribution >= 4 is 12.4 Å². The van der Waals surface area contributed by atoms with Gasteiger partial charge in [-0.15, -0.1) is 0 Å². The molecule has 0 bridgehead atoms. The highest BCUT2D eigenvalue weighted by Gasteiger charge is 2.16. The second-order valence-electron chi connectivity index (χ2n) is 2.41. The molecule has 0 aliphatic rings. The van der Waals surface area contributed by atoms with Gasteiger partial charge in [-0.3, -0.25) is 0 Å². The van der Waals surface area contributed by atoms with E-state index in [-0.39, 0.29) is 0 Å². The van der Waals surface area contributed by atoms with E-state index < -0.39 is 6.92 Å². The Morgan fingerprint density at radius 2 is 1.83 bits per heavy atom. The molecule has 1 heterocycles. The van der Waals surface area contributed by atoms with Gasteiger partial charge in [-0.2, -0.15) is 0 Å². The summed E-state index contributed by atoms with van der Waals surface area (Å²) in [6.45, 7) is 8.83. The van der Waals surface area contributed by atoms with Gasteiger partial charge in [0.1, 0.15) is 5.76 Å². The lowest BCUT2D eigenvalue weighted by atomic mass is 9.63. The summed E-state index contributed by atoms with van der Waals surface area (Å²) in [6, 6.07) is 0. The van der Waals surface area contributed by atoms with Crippen molar-refractivity contribution in [3.05, 3.63) is 11.5 Å². The summed E-state index contributed by atoms with van der Waals surface area (Å²) in [5.41, 5.74) is 1.58. The molecule has 1 aromatic rings. The number of rotatable bonds is 1. The van der Waals surface area contributed by atoms with Gasteiger partial charge in [0.2, 0.25) is 0 Å². The topological polar surface area (TPSA) is 46.3 Å². The van der Waals surface area contributed by atoms with Crippen LogP contribution in [0.1, 0.15) is 25.3 Å². The van der Waals surface area contributed by atoms with Crippen LogP contribution in [0.25, 0.3) is 0 Å². The Hall–Kier alpha value is -0.765. The number of aryl methyl sites for hydroxylation is 2. The van der Waals surface area contributed by atoms with E-state index in [1.807, 2.05) is 20.8 Å². The molecule has 12 heavy (non-hydrogen) atoms. The van der Waals surface area contributed by atoms with Gasteiger partial charge < -0.3 is 9.55 Å². The van der Waals surface area contributed by atoms with Crippen LogP contribution < -0.4 is 5.46 Å². The van der Waals surface area contributed by atoms with Crippen molar-refractivity contribution in [1.29, 1.82) is 0 Å². The van der Waals surface area contributed by atoms with Crippen molar-refractivity contribution in [2.24, 2.45) is 0 Å². The first-order valence-electron chi connectivity index (χ1n) is 4.23. The predicted octanol–water partition coefficient (Wildman–Crippen LogP) is 1.14. The lowest BCUT2D eigenvalue weighted by molar-refractivity contribution is 0.394. The van der Waals surface area contributed by atoms with Crippen molar-refractivity contribution in [3.63, 3.8) is 0 Å². The fraction of sp³-hybridized carbons (Fsp3) is 0.625. The molecule has 3 nitrogen and oxygen atoms in total. The molecule has 1 N–H and O–H groups in total. The number of aromatic nitrogens is 1. The van der Waals surface area contributed by atoms with Crippen molar-refractivity contribution < 1.29 is 9.55 Å². The Morgan fingerprint density at radius 1 is 1.33 bits per heavy atom. The molecule has 0 amide bonds. The van der Waals surface area contributed by atoms with Crippen LogP contribution in [0.2, 0.25) is 6.82 Å². The average molecular weight is 169 g/mol. The highest BCUT2D eigenvalue weighted by Crippen LogP contribution is 1.98. The maximum atomic E-state index is 9.17. The Kier molecular flexibility index (Phi) is 4.67. The Balaban J connectivity index is 0.000000561. The van der Waals surface area contributed by atoms with Gasteiger partial charge in [-0.05, 0) is 13.8 Å². The van der Waals surface area contributed by atoms with E-state index in [1.54, 1.807) is 13.7 Å². The zero-order valence-corrected chi connectivity index (χ0v) is 8.38. The van der Waals surface area contributed by atoms with Crippen LogP contribution in [-0.4, -0.2) is 17.1 Å². The molecule has 68 valence electrons. The van der Waals surface area contributed by atoms with Crippen molar-refractivity contribution in [2.45, 2.75) is 34.5 Å². The third-order valence-corrected chi connectivity index (χ3v) is 1.51. The van der Waals surface area contributed by atoms with E-state index in [0.717, 1.165) is 11.2 Å². The molecule has 0 radical (unpaired) electrons. The predicted molar refractivity (Wildman–Crippen MR) is 50.8 cm³/mol.